The van der Waals surface area contributed by atoms with Gasteiger partial charge in [0.15, 0.2) is 0 Å². The lowest BCUT2D eigenvalue weighted by atomic mass is 9.87. The van der Waals surface area contributed by atoms with Crippen molar-refractivity contribution in [1.29, 1.82) is 0 Å². The molecular formula is C13H29N3. The minimum Gasteiger partial charge on any atom is -0.329 e. The number of nitrogens with zero attached hydrogens (tertiary/aromatic N) is 1. The van der Waals surface area contributed by atoms with Gasteiger partial charge in [-0.1, -0.05) is 26.7 Å². The quantitative estimate of drug-likeness (QED) is 0.570. The van der Waals surface area contributed by atoms with Gasteiger partial charge in [0.2, 0.25) is 0 Å². The summed E-state index contributed by atoms with van der Waals surface area (Å²) in [5.41, 5.74) is 9.69. The number of nitrogens with two attached hydrogens (primary N) is 1. The van der Waals surface area contributed by atoms with E-state index >= 15 is 0 Å². The van der Waals surface area contributed by atoms with Crippen LogP contribution in [0.5, 0.6) is 0 Å². The van der Waals surface area contributed by atoms with E-state index in [-0.39, 0.29) is 5.54 Å². The Labute approximate surface area is 101 Å². The van der Waals surface area contributed by atoms with Crippen molar-refractivity contribution in [3.8, 4) is 0 Å². The van der Waals surface area contributed by atoms with E-state index in [0.29, 0.717) is 0 Å². The molecule has 0 aliphatic heterocycles. The minimum atomic E-state index is 0.146. The number of hydrogen-bond donors (Lipinski definition) is 2. The minimum absolute atomic E-state index is 0.146. The molecule has 0 amide bonds. The molecule has 0 aromatic rings. The molecule has 0 bridgehead atoms. The van der Waals surface area contributed by atoms with Crippen molar-refractivity contribution in [3.63, 3.8) is 0 Å². The largest absolute Gasteiger partial charge is 0.329 e. The molecule has 1 fully saturated rings. The van der Waals surface area contributed by atoms with E-state index in [9.17, 15) is 0 Å². The Balaban J connectivity index is 2.60. The molecule has 1 aliphatic carbocycles. The first-order valence-electron chi connectivity index (χ1n) is 6.64. The number of hydrazine groups is 1. The van der Waals surface area contributed by atoms with E-state index in [1.54, 1.807) is 0 Å². The van der Waals surface area contributed by atoms with Gasteiger partial charge in [-0.15, -0.1) is 0 Å². The van der Waals surface area contributed by atoms with Crippen molar-refractivity contribution >= 4 is 0 Å². The van der Waals surface area contributed by atoms with Gasteiger partial charge < -0.3 is 5.73 Å². The molecule has 0 spiro atoms. The summed E-state index contributed by atoms with van der Waals surface area (Å²) in [5.74, 6) is 1.70. The maximum Gasteiger partial charge on any atom is 0.0448 e. The molecule has 1 rings (SSSR count). The summed E-state index contributed by atoms with van der Waals surface area (Å²) < 4.78 is 0. The first kappa shape index (κ1) is 13.9. The van der Waals surface area contributed by atoms with Crippen LogP contribution in [0.4, 0.5) is 0 Å². The van der Waals surface area contributed by atoms with Gasteiger partial charge in [0.25, 0.3) is 0 Å². The van der Waals surface area contributed by atoms with Crippen LogP contribution in [-0.4, -0.2) is 31.2 Å². The second-order valence-corrected chi connectivity index (χ2v) is 5.93. The highest BCUT2D eigenvalue weighted by Gasteiger charge is 2.32. The zero-order valence-corrected chi connectivity index (χ0v) is 11.4. The fourth-order valence-electron chi connectivity index (χ4n) is 2.94. The summed E-state index contributed by atoms with van der Waals surface area (Å²) in [7, 11) is 4.12. The third-order valence-electron chi connectivity index (χ3n) is 4.02. The Hall–Kier alpha value is -0.120. The third kappa shape index (κ3) is 3.72. The first-order chi connectivity index (χ1) is 7.49. The van der Waals surface area contributed by atoms with Crippen LogP contribution < -0.4 is 11.2 Å². The third-order valence-corrected chi connectivity index (χ3v) is 4.02. The Morgan fingerprint density at radius 1 is 1.31 bits per heavy atom. The Kier molecular flexibility index (Phi) is 5.22. The van der Waals surface area contributed by atoms with Gasteiger partial charge in [0, 0.05) is 26.2 Å². The molecule has 0 aromatic heterocycles. The van der Waals surface area contributed by atoms with E-state index in [1.807, 2.05) is 0 Å². The molecule has 2 unspecified atom stereocenters. The molecule has 3 heteroatoms. The molecule has 0 heterocycles. The highest BCUT2D eigenvalue weighted by atomic mass is 15.5. The molecule has 0 saturated heterocycles. The normalized spacial score (nSPS) is 32.1. The van der Waals surface area contributed by atoms with Gasteiger partial charge in [-0.25, -0.2) is 5.43 Å². The molecule has 2 atom stereocenters. The fraction of sp³-hybridized carbons (Fsp3) is 1.00. The monoisotopic (exact) mass is 227 g/mol. The van der Waals surface area contributed by atoms with Gasteiger partial charge in [0.05, 0.1) is 0 Å². The van der Waals surface area contributed by atoms with Gasteiger partial charge >= 0.3 is 0 Å². The summed E-state index contributed by atoms with van der Waals surface area (Å²) in [6.07, 6.45) is 6.42. The van der Waals surface area contributed by atoms with Crippen LogP contribution in [0.2, 0.25) is 0 Å². The molecule has 1 aliphatic rings. The predicted octanol–water partition coefficient (Wildman–Crippen LogP) is 1.99. The predicted molar refractivity (Wildman–Crippen MR) is 70.0 cm³/mol. The van der Waals surface area contributed by atoms with Crippen molar-refractivity contribution in [2.75, 3.05) is 20.6 Å². The standard InChI is InChI=1S/C13H29N3/c1-11(2)12-6-5-8-13(10-14,9-7-12)15-16(3)4/h11-12,15H,5-10,14H2,1-4H3. The molecule has 16 heavy (non-hydrogen) atoms. The number of nitrogens with one attached hydrogen (secondary N) is 1. The van der Waals surface area contributed by atoms with Gasteiger partial charge in [-0.05, 0) is 31.1 Å². The Bertz CT molecular complexity index is 203. The van der Waals surface area contributed by atoms with Crippen molar-refractivity contribution in [2.24, 2.45) is 17.6 Å². The average molecular weight is 227 g/mol. The highest BCUT2D eigenvalue weighted by molar-refractivity contribution is 4.91. The highest BCUT2D eigenvalue weighted by Crippen LogP contribution is 2.33. The molecule has 3 nitrogen and oxygen atoms in total. The van der Waals surface area contributed by atoms with Gasteiger partial charge in [-0.2, -0.15) is 0 Å². The lowest BCUT2D eigenvalue weighted by Crippen LogP contribution is -2.56. The van der Waals surface area contributed by atoms with E-state index in [2.05, 4.69) is 38.4 Å². The van der Waals surface area contributed by atoms with Crippen molar-refractivity contribution in [1.82, 2.24) is 10.4 Å². The fourth-order valence-corrected chi connectivity index (χ4v) is 2.94. The second-order valence-electron chi connectivity index (χ2n) is 5.93. The maximum atomic E-state index is 5.99. The van der Waals surface area contributed by atoms with E-state index < -0.39 is 0 Å². The lowest BCUT2D eigenvalue weighted by molar-refractivity contribution is 0.143. The molecule has 0 radical (unpaired) electrons. The SMILES string of the molecule is CC(C)C1CCCC(CN)(NN(C)C)CC1. The van der Waals surface area contributed by atoms with Gasteiger partial charge in [-0.3, -0.25) is 5.01 Å². The van der Waals surface area contributed by atoms with E-state index in [4.69, 9.17) is 5.73 Å². The van der Waals surface area contributed by atoms with Gasteiger partial charge in [0.1, 0.15) is 0 Å². The Morgan fingerprint density at radius 3 is 2.50 bits per heavy atom. The first-order valence-corrected chi connectivity index (χ1v) is 6.64. The molecule has 0 aromatic carbocycles. The molecular weight excluding hydrogens is 198 g/mol. The summed E-state index contributed by atoms with van der Waals surface area (Å²) in [5, 5.41) is 2.06. The number of rotatable bonds is 4. The van der Waals surface area contributed by atoms with E-state index in [0.717, 1.165) is 18.4 Å². The van der Waals surface area contributed by atoms with Crippen LogP contribution in [0.1, 0.15) is 46.0 Å². The number of hydrogen-bond acceptors (Lipinski definition) is 3. The molecule has 96 valence electrons. The topological polar surface area (TPSA) is 41.3 Å². The summed E-state index contributed by atoms with van der Waals surface area (Å²) >= 11 is 0. The lowest BCUT2D eigenvalue weighted by Gasteiger charge is -2.35. The van der Waals surface area contributed by atoms with Crippen LogP contribution in [-0.2, 0) is 0 Å². The van der Waals surface area contributed by atoms with Crippen LogP contribution >= 0.6 is 0 Å². The zero-order chi connectivity index (χ0) is 12.2. The van der Waals surface area contributed by atoms with Crippen molar-refractivity contribution in [2.45, 2.75) is 51.5 Å². The zero-order valence-electron chi connectivity index (χ0n) is 11.4. The van der Waals surface area contributed by atoms with E-state index in [1.165, 1.54) is 32.1 Å². The summed E-state index contributed by atoms with van der Waals surface area (Å²) in [4.78, 5) is 0. The summed E-state index contributed by atoms with van der Waals surface area (Å²) in [6.45, 7) is 5.44. The van der Waals surface area contributed by atoms with Crippen LogP contribution in [0.25, 0.3) is 0 Å². The smallest absolute Gasteiger partial charge is 0.0448 e. The van der Waals surface area contributed by atoms with Crippen LogP contribution in [0.15, 0.2) is 0 Å². The molecule has 3 N–H and O–H groups in total. The van der Waals surface area contributed by atoms with Crippen molar-refractivity contribution in [3.05, 3.63) is 0 Å². The maximum absolute atomic E-state index is 5.99. The summed E-state index contributed by atoms with van der Waals surface area (Å²) in [6, 6.07) is 0. The van der Waals surface area contributed by atoms with Crippen molar-refractivity contribution < 1.29 is 0 Å². The van der Waals surface area contributed by atoms with Crippen LogP contribution in [0, 0.1) is 11.8 Å². The second kappa shape index (κ2) is 5.99. The average Bonchev–Trinajstić information content (AvgIpc) is 2.40. The molecule has 1 saturated carbocycles. The Morgan fingerprint density at radius 2 is 2.00 bits per heavy atom. The van der Waals surface area contributed by atoms with Crippen LogP contribution in [0.3, 0.4) is 0 Å².